The quantitative estimate of drug-likeness (QED) is 0.0550. The molecule has 0 amide bonds. The van der Waals surface area contributed by atoms with E-state index in [-0.39, 0.29) is 44.2 Å². The molecule has 0 N–H and O–H groups in total. The summed E-state index contributed by atoms with van der Waals surface area (Å²) in [7, 11) is -1.37. The highest BCUT2D eigenvalue weighted by Crippen LogP contribution is 2.27. The molecule has 0 unspecified atom stereocenters. The van der Waals surface area contributed by atoms with Gasteiger partial charge in [0.15, 0.2) is 0 Å². The van der Waals surface area contributed by atoms with E-state index in [0.29, 0.717) is 13.0 Å². The van der Waals surface area contributed by atoms with Gasteiger partial charge in [0.05, 0.1) is 52.9 Å². The molecule has 0 bridgehead atoms. The second-order valence-corrected chi connectivity index (χ2v) is 17.1. The molecule has 0 radical (unpaired) electrons. The summed E-state index contributed by atoms with van der Waals surface area (Å²) in [5.41, 5.74) is 4.87. The van der Waals surface area contributed by atoms with Crippen LogP contribution in [0.4, 0.5) is 0 Å². The smallest absolute Gasteiger partial charge is 0.335 e. The molecule has 0 aliphatic carbocycles. The number of unbranched alkanes of at least 4 members (excludes halogenated alkanes) is 1. The maximum atomic E-state index is 12.1. The normalized spacial score (nSPS) is 13.8. The number of carbonyl (C=O) groups is 3. The SMILES string of the molecule is C=C(COCC1CC(=O)OC(=O)C1)C(=O)OCCCOc1ccc(-c2ccc(-c3ccc([Si](C)(C)CCCC)cc3)cc2)cc1. The molecule has 238 valence electrons. The van der Waals surface area contributed by atoms with Crippen LogP contribution in [0.3, 0.4) is 0 Å². The van der Waals surface area contributed by atoms with E-state index in [2.05, 4.69) is 79.9 Å². The Morgan fingerprint density at radius 3 is 1.91 bits per heavy atom. The fourth-order valence-electron chi connectivity index (χ4n) is 5.27. The van der Waals surface area contributed by atoms with Crippen molar-refractivity contribution in [3.8, 4) is 28.0 Å². The minimum Gasteiger partial charge on any atom is -0.493 e. The number of ether oxygens (including phenoxy) is 4. The first-order valence-corrected chi connectivity index (χ1v) is 19.0. The molecule has 1 saturated heterocycles. The van der Waals surface area contributed by atoms with Crippen LogP contribution in [0.5, 0.6) is 5.75 Å². The fourth-order valence-corrected chi connectivity index (χ4v) is 7.87. The summed E-state index contributed by atoms with van der Waals surface area (Å²) in [6.07, 6.45) is 3.31. The summed E-state index contributed by atoms with van der Waals surface area (Å²) in [6, 6.07) is 27.1. The van der Waals surface area contributed by atoms with E-state index in [1.54, 1.807) is 0 Å². The maximum absolute atomic E-state index is 12.1. The van der Waals surface area contributed by atoms with Crippen LogP contribution in [0.15, 0.2) is 84.9 Å². The zero-order chi connectivity index (χ0) is 32.2. The van der Waals surface area contributed by atoms with Gasteiger partial charge >= 0.3 is 17.9 Å². The van der Waals surface area contributed by atoms with Crippen LogP contribution in [-0.2, 0) is 28.6 Å². The summed E-state index contributed by atoms with van der Waals surface area (Å²) in [4.78, 5) is 34.8. The highest BCUT2D eigenvalue weighted by atomic mass is 28.3. The Kier molecular flexibility index (Phi) is 12.3. The third kappa shape index (κ3) is 10.3. The number of hydrogen-bond donors (Lipinski definition) is 0. The Morgan fingerprint density at radius 2 is 1.36 bits per heavy atom. The number of carbonyl (C=O) groups excluding carboxylic acids is 3. The van der Waals surface area contributed by atoms with E-state index in [9.17, 15) is 14.4 Å². The van der Waals surface area contributed by atoms with E-state index in [4.69, 9.17) is 14.2 Å². The molecule has 8 heteroatoms. The van der Waals surface area contributed by atoms with E-state index < -0.39 is 26.0 Å². The van der Waals surface area contributed by atoms with E-state index in [1.165, 1.54) is 35.2 Å². The molecule has 1 heterocycles. The average molecular weight is 629 g/mol. The second-order valence-electron chi connectivity index (χ2n) is 12.2. The Hall–Kier alpha value is -4.01. The van der Waals surface area contributed by atoms with Crippen LogP contribution < -0.4 is 9.92 Å². The molecule has 7 nitrogen and oxygen atoms in total. The first-order chi connectivity index (χ1) is 21.6. The van der Waals surface area contributed by atoms with Crippen molar-refractivity contribution >= 4 is 31.2 Å². The molecule has 1 aliphatic heterocycles. The Morgan fingerprint density at radius 1 is 0.822 bits per heavy atom. The topological polar surface area (TPSA) is 88.1 Å². The van der Waals surface area contributed by atoms with Crippen LogP contribution in [0, 0.1) is 5.92 Å². The minimum atomic E-state index is -1.37. The number of esters is 3. The zero-order valence-electron chi connectivity index (χ0n) is 26.6. The van der Waals surface area contributed by atoms with Gasteiger partial charge in [0, 0.05) is 12.3 Å². The predicted octanol–water partition coefficient (Wildman–Crippen LogP) is 7.10. The van der Waals surface area contributed by atoms with Gasteiger partial charge in [0.2, 0.25) is 0 Å². The van der Waals surface area contributed by atoms with Crippen molar-refractivity contribution in [3.63, 3.8) is 0 Å². The molecule has 3 aromatic carbocycles. The molecular formula is C37H44O7Si. The standard InChI is InChI=1S/C37H44O7Si/c1-5-6-22-45(3,4)34-18-14-32(15-19-34)30-10-8-29(9-11-30)31-12-16-33(17-13-31)42-20-7-21-43-37(40)27(2)25-41-26-28-23-35(38)44-36(39)24-28/h8-19,28H,2,5-7,20-26H2,1,3-4H3. The largest absolute Gasteiger partial charge is 0.493 e. The van der Waals surface area contributed by atoms with Crippen molar-refractivity contribution in [1.29, 1.82) is 0 Å². The first kappa shape index (κ1) is 33.9. The predicted molar refractivity (Wildman–Crippen MR) is 179 cm³/mol. The van der Waals surface area contributed by atoms with E-state index in [1.807, 2.05) is 24.3 Å². The third-order valence-corrected chi connectivity index (χ3v) is 11.6. The van der Waals surface area contributed by atoms with Gasteiger partial charge in [-0.1, -0.05) is 111 Å². The molecule has 1 aliphatic rings. The van der Waals surface area contributed by atoms with Crippen molar-refractivity contribution in [2.24, 2.45) is 5.92 Å². The van der Waals surface area contributed by atoms with Gasteiger partial charge in [-0.2, -0.15) is 0 Å². The van der Waals surface area contributed by atoms with Crippen LogP contribution in [0.1, 0.15) is 39.0 Å². The van der Waals surface area contributed by atoms with Gasteiger partial charge in [-0.3, -0.25) is 9.59 Å². The lowest BCUT2D eigenvalue weighted by atomic mass is 10.0. The first-order valence-electron chi connectivity index (χ1n) is 15.7. The van der Waals surface area contributed by atoms with E-state index >= 15 is 0 Å². The Labute approximate surface area is 267 Å². The van der Waals surface area contributed by atoms with Gasteiger partial charge in [0.1, 0.15) is 5.75 Å². The lowest BCUT2D eigenvalue weighted by molar-refractivity contribution is -0.166. The monoisotopic (exact) mass is 628 g/mol. The summed E-state index contributed by atoms with van der Waals surface area (Å²) in [5.74, 6) is -1.16. The van der Waals surface area contributed by atoms with Gasteiger partial charge < -0.3 is 18.9 Å². The maximum Gasteiger partial charge on any atom is 0.335 e. The molecular weight excluding hydrogens is 584 g/mol. The molecule has 3 aromatic rings. The summed E-state index contributed by atoms with van der Waals surface area (Å²) >= 11 is 0. The Balaban J connectivity index is 1.15. The number of cyclic esters (lactones) is 2. The van der Waals surface area contributed by atoms with Gasteiger partial charge in [-0.25, -0.2) is 4.79 Å². The van der Waals surface area contributed by atoms with Gasteiger partial charge in [-0.15, -0.1) is 0 Å². The Bertz CT molecular complexity index is 1430. The third-order valence-electron chi connectivity index (χ3n) is 8.08. The number of benzene rings is 3. The zero-order valence-corrected chi connectivity index (χ0v) is 27.6. The van der Waals surface area contributed by atoms with E-state index in [0.717, 1.165) is 16.9 Å². The molecule has 45 heavy (non-hydrogen) atoms. The molecule has 0 spiro atoms. The van der Waals surface area contributed by atoms with Crippen molar-refractivity contribution in [3.05, 3.63) is 84.9 Å². The van der Waals surface area contributed by atoms with Crippen LogP contribution in [0.2, 0.25) is 19.1 Å². The number of hydrogen-bond acceptors (Lipinski definition) is 7. The van der Waals surface area contributed by atoms with Crippen molar-refractivity contribution in [1.82, 2.24) is 0 Å². The van der Waals surface area contributed by atoms with Crippen molar-refractivity contribution < 1.29 is 33.3 Å². The van der Waals surface area contributed by atoms with Crippen molar-refractivity contribution in [2.75, 3.05) is 26.4 Å². The van der Waals surface area contributed by atoms with Gasteiger partial charge in [-0.05, 0) is 34.4 Å². The summed E-state index contributed by atoms with van der Waals surface area (Å²) in [6.45, 7) is 11.6. The van der Waals surface area contributed by atoms with Crippen LogP contribution >= 0.6 is 0 Å². The average Bonchev–Trinajstić information content (AvgIpc) is 3.03. The molecule has 1 fully saturated rings. The summed E-state index contributed by atoms with van der Waals surface area (Å²) < 4.78 is 21.0. The minimum absolute atomic E-state index is 0.0316. The van der Waals surface area contributed by atoms with Crippen LogP contribution in [-0.4, -0.2) is 52.4 Å². The molecule has 0 saturated carbocycles. The van der Waals surface area contributed by atoms with Crippen LogP contribution in [0.25, 0.3) is 22.3 Å². The lowest BCUT2D eigenvalue weighted by Gasteiger charge is -2.23. The molecule has 0 aromatic heterocycles. The summed E-state index contributed by atoms with van der Waals surface area (Å²) in [5, 5.41) is 1.52. The van der Waals surface area contributed by atoms with Crippen molar-refractivity contribution in [2.45, 2.75) is 58.2 Å². The second kappa shape index (κ2) is 16.3. The van der Waals surface area contributed by atoms with Gasteiger partial charge in [0.25, 0.3) is 0 Å². The highest BCUT2D eigenvalue weighted by Gasteiger charge is 2.27. The highest BCUT2D eigenvalue weighted by molar-refractivity contribution is 6.89. The fraction of sp³-hybridized carbons (Fsp3) is 0.378. The lowest BCUT2D eigenvalue weighted by Crippen LogP contribution is -2.40. The molecule has 4 rings (SSSR count). The molecule has 0 atom stereocenters. The number of rotatable bonds is 16.